The smallest absolute Gasteiger partial charge is 0.339 e. The quantitative estimate of drug-likeness (QED) is 0.819. The Balaban J connectivity index is 2.04. The highest BCUT2D eigenvalue weighted by Crippen LogP contribution is 2.69. The van der Waals surface area contributed by atoms with Gasteiger partial charge in [0.1, 0.15) is 11.7 Å². The number of Topliss-reactive ketones (excluding diaryl/α,β-unsaturated/α-hetero) is 1. The van der Waals surface area contributed by atoms with E-state index in [1.165, 1.54) is 0 Å². The maximum atomic E-state index is 13.5. The topological polar surface area (TPSA) is 109 Å². The van der Waals surface area contributed by atoms with Gasteiger partial charge in [-0.1, -0.05) is 24.3 Å². The van der Waals surface area contributed by atoms with Gasteiger partial charge in [-0.3, -0.25) is 10.2 Å². The number of carbonyl (C=O) groups is 2. The minimum absolute atomic E-state index is 0.0406. The van der Waals surface area contributed by atoms with E-state index >= 15 is 0 Å². The van der Waals surface area contributed by atoms with Crippen molar-refractivity contribution in [1.82, 2.24) is 0 Å². The summed E-state index contributed by atoms with van der Waals surface area (Å²) < 4.78 is 17.0. The summed E-state index contributed by atoms with van der Waals surface area (Å²) >= 11 is 0. The third kappa shape index (κ3) is 1.55. The lowest BCUT2D eigenvalue weighted by Crippen LogP contribution is -2.46. The van der Waals surface area contributed by atoms with Gasteiger partial charge < -0.3 is 14.2 Å². The summed E-state index contributed by atoms with van der Waals surface area (Å²) in [5.41, 5.74) is -1.07. The van der Waals surface area contributed by atoms with Gasteiger partial charge in [0.2, 0.25) is 5.90 Å². The van der Waals surface area contributed by atoms with Gasteiger partial charge in [0, 0.05) is 11.1 Å². The Bertz CT molecular complexity index is 957. The van der Waals surface area contributed by atoms with Crippen LogP contribution in [0.4, 0.5) is 0 Å². The number of ether oxygens (including phenoxy) is 3. The van der Waals surface area contributed by atoms with Crippen LogP contribution in [0.5, 0.6) is 0 Å². The molecule has 0 saturated carbocycles. The van der Waals surface area contributed by atoms with E-state index in [9.17, 15) is 14.9 Å². The highest BCUT2D eigenvalue weighted by molar-refractivity contribution is 6.17. The first-order chi connectivity index (χ1) is 12.3. The van der Waals surface area contributed by atoms with Crippen LogP contribution in [-0.4, -0.2) is 23.8 Å². The number of nitriles is 1. The van der Waals surface area contributed by atoms with Gasteiger partial charge in [-0.15, -0.1) is 0 Å². The molecule has 26 heavy (non-hydrogen) atoms. The van der Waals surface area contributed by atoms with Gasteiger partial charge in [-0.25, -0.2) is 4.79 Å². The van der Waals surface area contributed by atoms with E-state index in [-0.39, 0.29) is 11.3 Å². The summed E-state index contributed by atoms with van der Waals surface area (Å²) in [6, 6.07) is 8.65. The van der Waals surface area contributed by atoms with E-state index in [0.29, 0.717) is 11.1 Å². The molecule has 0 radical (unpaired) electrons. The zero-order chi connectivity index (χ0) is 18.9. The first-order valence-electron chi connectivity index (χ1n) is 8.24. The molecule has 1 aromatic rings. The number of nitrogens with one attached hydrogen (secondary N) is 1. The number of nitrogens with zero attached hydrogens (tertiary/aromatic N) is 1. The molecular formula is C19H16N2O5. The third-order valence-electron chi connectivity index (χ3n) is 5.07. The number of hydrogen-bond acceptors (Lipinski definition) is 7. The molecule has 0 amide bonds. The van der Waals surface area contributed by atoms with Crippen molar-refractivity contribution < 1.29 is 23.8 Å². The van der Waals surface area contributed by atoms with E-state index < -0.39 is 40.9 Å². The Morgan fingerprint density at radius 2 is 2.04 bits per heavy atom. The van der Waals surface area contributed by atoms with E-state index in [4.69, 9.17) is 19.6 Å². The molecule has 1 saturated heterocycles. The highest BCUT2D eigenvalue weighted by Gasteiger charge is 2.82. The number of hydrogen-bond donors (Lipinski definition) is 1. The van der Waals surface area contributed by atoms with Crippen molar-refractivity contribution in [3.8, 4) is 6.07 Å². The largest absolute Gasteiger partial charge is 0.459 e. The lowest BCUT2D eigenvalue weighted by atomic mass is 9.66. The van der Waals surface area contributed by atoms with Gasteiger partial charge in [-0.05, 0) is 20.8 Å². The van der Waals surface area contributed by atoms with Gasteiger partial charge in [0.05, 0.1) is 17.7 Å². The van der Waals surface area contributed by atoms with Crippen LogP contribution in [-0.2, 0) is 24.8 Å². The highest BCUT2D eigenvalue weighted by atomic mass is 16.7. The average Bonchev–Trinajstić information content (AvgIpc) is 3.04. The van der Waals surface area contributed by atoms with Crippen molar-refractivity contribution >= 4 is 17.7 Å². The number of benzene rings is 1. The van der Waals surface area contributed by atoms with Crippen molar-refractivity contribution in [3.63, 3.8) is 0 Å². The van der Waals surface area contributed by atoms with E-state index in [0.717, 1.165) is 0 Å². The summed E-state index contributed by atoms with van der Waals surface area (Å²) in [4.78, 5) is 26.3. The number of rotatable bonds is 2. The Morgan fingerprint density at radius 1 is 1.35 bits per heavy atom. The Hall–Kier alpha value is -3.14. The fourth-order valence-electron chi connectivity index (χ4n) is 4.27. The van der Waals surface area contributed by atoms with Crippen LogP contribution in [0.15, 0.2) is 35.6 Å². The average molecular weight is 352 g/mol. The van der Waals surface area contributed by atoms with Crippen LogP contribution < -0.4 is 0 Å². The lowest BCUT2D eigenvalue weighted by molar-refractivity contribution is -0.179. The molecule has 3 atom stereocenters. The minimum Gasteiger partial charge on any atom is -0.459 e. The Kier molecular flexibility index (Phi) is 3.11. The second-order valence-electron chi connectivity index (χ2n) is 6.82. The van der Waals surface area contributed by atoms with Gasteiger partial charge in [-0.2, -0.15) is 5.26 Å². The monoisotopic (exact) mass is 352 g/mol. The van der Waals surface area contributed by atoms with Gasteiger partial charge in [0.15, 0.2) is 11.2 Å². The maximum Gasteiger partial charge on any atom is 0.339 e. The van der Waals surface area contributed by atoms with Crippen molar-refractivity contribution in [3.05, 3.63) is 46.7 Å². The van der Waals surface area contributed by atoms with E-state index in [1.807, 2.05) is 6.07 Å². The van der Waals surface area contributed by atoms with Crippen LogP contribution in [0.1, 0.15) is 36.7 Å². The molecule has 4 rings (SSSR count). The van der Waals surface area contributed by atoms with E-state index in [2.05, 4.69) is 0 Å². The summed E-state index contributed by atoms with van der Waals surface area (Å²) in [5, 5.41) is 17.8. The number of fused-ring (bicyclic) bond motifs is 1. The van der Waals surface area contributed by atoms with Crippen LogP contribution in [0.3, 0.4) is 0 Å². The zero-order valence-electron chi connectivity index (χ0n) is 14.5. The van der Waals surface area contributed by atoms with Crippen LogP contribution in [0.2, 0.25) is 0 Å². The van der Waals surface area contributed by atoms with Gasteiger partial charge >= 0.3 is 5.97 Å². The first-order valence-corrected chi connectivity index (χ1v) is 8.24. The molecule has 7 nitrogen and oxygen atoms in total. The number of carbonyl (C=O) groups excluding carboxylic acids is 2. The van der Waals surface area contributed by atoms with Crippen LogP contribution in [0.25, 0.3) is 0 Å². The molecule has 1 N–H and O–H groups in total. The summed E-state index contributed by atoms with van der Waals surface area (Å²) in [7, 11) is 0. The molecule has 0 bridgehead atoms. The molecule has 2 aliphatic heterocycles. The predicted molar refractivity (Wildman–Crippen MR) is 87.8 cm³/mol. The van der Waals surface area contributed by atoms with Crippen molar-refractivity contribution in [2.24, 2.45) is 11.3 Å². The molecule has 3 aliphatic rings. The zero-order valence-corrected chi connectivity index (χ0v) is 14.5. The normalized spacial score (nSPS) is 31.1. The number of esters is 1. The molecule has 7 heteroatoms. The number of ketones is 1. The predicted octanol–water partition coefficient (Wildman–Crippen LogP) is 2.43. The molecule has 1 aliphatic carbocycles. The van der Waals surface area contributed by atoms with Gasteiger partial charge in [0.25, 0.3) is 5.79 Å². The Labute approximate surface area is 149 Å². The summed E-state index contributed by atoms with van der Waals surface area (Å²) in [6.07, 6.45) is -0.421. The fraction of sp³-hybridized carbons (Fsp3) is 0.368. The van der Waals surface area contributed by atoms with Crippen molar-refractivity contribution in [2.75, 3.05) is 0 Å². The van der Waals surface area contributed by atoms with Crippen LogP contribution in [0, 0.1) is 28.1 Å². The second kappa shape index (κ2) is 4.94. The molecule has 3 unspecified atom stereocenters. The Morgan fingerprint density at radius 3 is 2.69 bits per heavy atom. The standard InChI is InChI=1S/C19H16N2O5/c1-9(2)24-17(23)14-10(3)25-19-12-7-5-4-6-11(12)15(22)18(14,19)13(8-20)16(21)26-19/h4-7,9,13,21H,1-3H3. The molecule has 132 valence electrons. The molecule has 1 fully saturated rings. The molecule has 1 aromatic carbocycles. The van der Waals surface area contributed by atoms with Crippen molar-refractivity contribution in [1.29, 1.82) is 10.7 Å². The fourth-order valence-corrected chi connectivity index (χ4v) is 4.27. The molecule has 2 heterocycles. The minimum atomic E-state index is -1.77. The molecule has 0 spiro atoms. The lowest BCUT2D eigenvalue weighted by Gasteiger charge is -2.31. The molecule has 0 aromatic heterocycles. The third-order valence-corrected chi connectivity index (χ3v) is 5.07. The van der Waals surface area contributed by atoms with Crippen LogP contribution >= 0.6 is 0 Å². The first kappa shape index (κ1) is 16.3. The maximum absolute atomic E-state index is 13.5. The summed E-state index contributed by atoms with van der Waals surface area (Å²) in [5.74, 6) is -4.42. The second-order valence-corrected chi connectivity index (χ2v) is 6.82. The number of allylic oxidation sites excluding steroid dienone is 1. The van der Waals surface area contributed by atoms with E-state index in [1.54, 1.807) is 45.0 Å². The molecular weight excluding hydrogens is 336 g/mol. The van der Waals surface area contributed by atoms with Crippen molar-refractivity contribution in [2.45, 2.75) is 32.7 Å². The SMILES string of the molecule is CC1=C(C(=O)OC(C)C)C23C(=O)c4ccccc4C2(OC(=N)C3C#N)O1. The summed E-state index contributed by atoms with van der Waals surface area (Å²) in [6.45, 7) is 4.92.